The maximum Gasteiger partial charge on any atom is 0.235 e. The van der Waals surface area contributed by atoms with Gasteiger partial charge in [0.05, 0.1) is 18.4 Å². The molecule has 0 spiro atoms. The summed E-state index contributed by atoms with van der Waals surface area (Å²) in [6, 6.07) is 11.6. The number of carbonyl (C=O) groups excluding carboxylic acids is 2. The summed E-state index contributed by atoms with van der Waals surface area (Å²) in [5.74, 6) is 0.0407. The first-order chi connectivity index (χ1) is 13.1. The third kappa shape index (κ3) is 4.76. The third-order valence-corrected chi connectivity index (χ3v) is 6.16. The van der Waals surface area contributed by atoms with Crippen LogP contribution >= 0.6 is 11.3 Å². The van der Waals surface area contributed by atoms with E-state index in [1.807, 2.05) is 35.7 Å². The minimum Gasteiger partial charge on any atom is -0.383 e. The van der Waals surface area contributed by atoms with Crippen LogP contribution in [-0.2, 0) is 26.2 Å². The smallest absolute Gasteiger partial charge is 0.235 e. The summed E-state index contributed by atoms with van der Waals surface area (Å²) >= 11 is 1.66. The van der Waals surface area contributed by atoms with Crippen molar-refractivity contribution in [3.05, 3.63) is 52.2 Å². The first kappa shape index (κ1) is 19.6. The highest BCUT2D eigenvalue weighted by Gasteiger charge is 2.43. The van der Waals surface area contributed by atoms with Crippen LogP contribution in [-0.4, -0.2) is 32.1 Å². The van der Waals surface area contributed by atoms with Gasteiger partial charge in [-0.3, -0.25) is 9.59 Å². The van der Waals surface area contributed by atoms with Crippen molar-refractivity contribution in [1.29, 1.82) is 0 Å². The Kier molecular flexibility index (Phi) is 6.63. The summed E-state index contributed by atoms with van der Waals surface area (Å²) in [6.07, 6.45) is 4.29. The Bertz CT molecular complexity index is 750. The molecule has 0 aliphatic heterocycles. The normalized spacial score (nSPS) is 15.4. The van der Waals surface area contributed by atoms with E-state index in [1.54, 1.807) is 18.4 Å². The van der Waals surface area contributed by atoms with Crippen molar-refractivity contribution < 1.29 is 14.3 Å². The Morgan fingerprint density at radius 2 is 1.89 bits per heavy atom. The third-order valence-electron chi connectivity index (χ3n) is 5.09. The van der Waals surface area contributed by atoms with E-state index in [1.165, 1.54) is 0 Å². The number of thiophene rings is 1. The molecule has 1 aromatic carbocycles. The predicted molar refractivity (Wildman–Crippen MR) is 108 cm³/mol. The van der Waals surface area contributed by atoms with Gasteiger partial charge in [-0.2, -0.15) is 0 Å². The van der Waals surface area contributed by atoms with Crippen LogP contribution in [0.2, 0.25) is 0 Å². The van der Waals surface area contributed by atoms with E-state index >= 15 is 0 Å². The van der Waals surface area contributed by atoms with Crippen molar-refractivity contribution in [3.63, 3.8) is 0 Å². The summed E-state index contributed by atoms with van der Waals surface area (Å²) < 4.78 is 4.92. The maximum atomic E-state index is 13.1. The fraction of sp³-hybridized carbons (Fsp3) is 0.429. The van der Waals surface area contributed by atoms with E-state index in [2.05, 4.69) is 16.7 Å². The van der Waals surface area contributed by atoms with Crippen LogP contribution in [0.5, 0.6) is 0 Å². The number of anilines is 1. The van der Waals surface area contributed by atoms with Crippen LogP contribution in [0.4, 0.5) is 5.69 Å². The number of methoxy groups -OCH3 is 1. The minimum atomic E-state index is -0.395. The average Bonchev–Trinajstić information content (AvgIpc) is 3.36. The number of benzene rings is 1. The lowest BCUT2D eigenvalue weighted by Crippen LogP contribution is -2.37. The molecular formula is C21H26N2O3S. The highest BCUT2D eigenvalue weighted by Crippen LogP contribution is 2.43. The van der Waals surface area contributed by atoms with Gasteiger partial charge in [0.25, 0.3) is 0 Å². The van der Waals surface area contributed by atoms with Gasteiger partial charge in [-0.15, -0.1) is 11.3 Å². The number of hydrogen-bond donors (Lipinski definition) is 2. The molecule has 3 rings (SSSR count). The largest absolute Gasteiger partial charge is 0.383 e. The Morgan fingerprint density at radius 1 is 1.15 bits per heavy atom. The predicted octanol–water partition coefficient (Wildman–Crippen LogP) is 3.50. The van der Waals surface area contributed by atoms with Crippen LogP contribution in [0.15, 0.2) is 41.8 Å². The van der Waals surface area contributed by atoms with Crippen molar-refractivity contribution in [2.45, 2.75) is 37.5 Å². The summed E-state index contributed by atoms with van der Waals surface area (Å²) in [6.45, 7) is 1.01. The van der Waals surface area contributed by atoms with Crippen molar-refractivity contribution in [2.24, 2.45) is 0 Å². The molecule has 1 aromatic heterocycles. The number of rotatable bonds is 8. The van der Waals surface area contributed by atoms with Crippen LogP contribution in [0.25, 0.3) is 0 Å². The molecule has 27 heavy (non-hydrogen) atoms. The second-order valence-corrected chi connectivity index (χ2v) is 7.88. The van der Waals surface area contributed by atoms with Gasteiger partial charge < -0.3 is 15.4 Å². The van der Waals surface area contributed by atoms with E-state index in [9.17, 15) is 9.59 Å². The van der Waals surface area contributed by atoms with Crippen molar-refractivity contribution in [1.82, 2.24) is 5.32 Å². The van der Waals surface area contributed by atoms with Gasteiger partial charge in [0.2, 0.25) is 11.8 Å². The lowest BCUT2D eigenvalue weighted by molar-refractivity contribution is -0.121. The molecule has 2 N–H and O–H groups in total. The van der Waals surface area contributed by atoms with Crippen molar-refractivity contribution in [3.8, 4) is 0 Å². The zero-order valence-electron chi connectivity index (χ0n) is 15.6. The van der Waals surface area contributed by atoms with Gasteiger partial charge in [0.15, 0.2) is 0 Å². The van der Waals surface area contributed by atoms with E-state index in [-0.39, 0.29) is 11.8 Å². The molecule has 0 radical (unpaired) electrons. The zero-order valence-corrected chi connectivity index (χ0v) is 16.4. The molecule has 5 nitrogen and oxygen atoms in total. The van der Waals surface area contributed by atoms with Crippen LogP contribution in [0, 0.1) is 0 Å². The molecule has 1 aliphatic carbocycles. The molecule has 144 valence electrons. The van der Waals surface area contributed by atoms with Gasteiger partial charge in [0, 0.05) is 24.2 Å². The fourth-order valence-electron chi connectivity index (χ4n) is 3.61. The summed E-state index contributed by atoms with van der Waals surface area (Å²) in [5.41, 5.74) is 1.29. The number of amides is 2. The standard InChI is InChI=1S/C21H26N2O3S/c1-26-13-12-22-19(24)15-16-6-8-17(9-7-16)23-20(25)21(10-2-3-11-21)18-5-4-14-27-18/h4-9,14H,2-3,10-13,15H2,1H3,(H,22,24)(H,23,25). The van der Waals surface area contributed by atoms with E-state index < -0.39 is 5.41 Å². The number of ether oxygens (including phenoxy) is 1. The quantitative estimate of drug-likeness (QED) is 0.683. The van der Waals surface area contributed by atoms with Gasteiger partial charge in [-0.25, -0.2) is 0 Å². The van der Waals surface area contributed by atoms with E-state index in [0.717, 1.165) is 41.8 Å². The molecule has 6 heteroatoms. The number of nitrogens with one attached hydrogen (secondary N) is 2. The summed E-state index contributed by atoms with van der Waals surface area (Å²) in [7, 11) is 1.60. The Hall–Kier alpha value is -2.18. The number of carbonyl (C=O) groups is 2. The van der Waals surface area contributed by atoms with Crippen molar-refractivity contribution >= 4 is 28.8 Å². The lowest BCUT2D eigenvalue weighted by atomic mass is 9.83. The van der Waals surface area contributed by atoms with Gasteiger partial charge >= 0.3 is 0 Å². The average molecular weight is 387 g/mol. The van der Waals surface area contributed by atoms with Crippen LogP contribution in [0.3, 0.4) is 0 Å². The Morgan fingerprint density at radius 3 is 2.52 bits per heavy atom. The van der Waals surface area contributed by atoms with Gasteiger partial charge in [-0.05, 0) is 42.0 Å². The van der Waals surface area contributed by atoms with Crippen molar-refractivity contribution in [2.75, 3.05) is 25.6 Å². The first-order valence-electron chi connectivity index (χ1n) is 9.34. The molecule has 0 saturated heterocycles. The molecule has 0 atom stereocenters. The summed E-state index contributed by atoms with van der Waals surface area (Å²) in [4.78, 5) is 26.1. The highest BCUT2D eigenvalue weighted by molar-refractivity contribution is 7.10. The second kappa shape index (κ2) is 9.15. The molecule has 1 heterocycles. The monoisotopic (exact) mass is 386 g/mol. The molecule has 0 unspecified atom stereocenters. The Balaban J connectivity index is 1.61. The SMILES string of the molecule is COCCNC(=O)Cc1ccc(NC(=O)C2(c3cccs3)CCCC2)cc1. The van der Waals surface area contributed by atoms with E-state index in [4.69, 9.17) is 4.74 Å². The zero-order chi connectivity index (χ0) is 19.1. The first-order valence-corrected chi connectivity index (χ1v) is 10.2. The fourth-order valence-corrected chi connectivity index (χ4v) is 4.60. The van der Waals surface area contributed by atoms with Crippen LogP contribution < -0.4 is 10.6 Å². The Labute approximate surface area is 164 Å². The lowest BCUT2D eigenvalue weighted by Gasteiger charge is -2.26. The molecule has 1 saturated carbocycles. The molecular weight excluding hydrogens is 360 g/mol. The maximum absolute atomic E-state index is 13.1. The summed E-state index contributed by atoms with van der Waals surface area (Å²) in [5, 5.41) is 7.93. The minimum absolute atomic E-state index is 0.0357. The van der Waals surface area contributed by atoms with Crippen LogP contribution in [0.1, 0.15) is 36.1 Å². The molecule has 2 aromatic rings. The van der Waals surface area contributed by atoms with E-state index in [0.29, 0.717) is 19.6 Å². The van der Waals surface area contributed by atoms with Gasteiger partial charge in [-0.1, -0.05) is 31.0 Å². The topological polar surface area (TPSA) is 67.4 Å². The highest BCUT2D eigenvalue weighted by atomic mass is 32.1. The second-order valence-electron chi connectivity index (χ2n) is 6.94. The molecule has 0 bridgehead atoms. The van der Waals surface area contributed by atoms with Gasteiger partial charge in [0.1, 0.15) is 0 Å². The molecule has 1 aliphatic rings. The molecule has 2 amide bonds. The molecule has 1 fully saturated rings. The number of hydrogen-bond acceptors (Lipinski definition) is 4.